The van der Waals surface area contributed by atoms with E-state index in [2.05, 4.69) is 13.8 Å². The summed E-state index contributed by atoms with van der Waals surface area (Å²) in [6.45, 7) is 4.55. The molecule has 1 saturated heterocycles. The Labute approximate surface area is 109 Å². The number of hydrogen-bond acceptors (Lipinski definition) is 4. The topological polar surface area (TPSA) is 66.8 Å². The minimum absolute atomic E-state index is 0.0969. The van der Waals surface area contributed by atoms with Crippen LogP contribution in [0.4, 0.5) is 0 Å². The zero-order valence-corrected chi connectivity index (χ0v) is 11.5. The Hall–Kier alpha value is -0.610. The SMILES string of the molecule is CCC(C)CCCC[C@@H](O)[C@@H]1C(=O)OC[C@H]1CO. The molecule has 1 unspecified atom stereocenters. The maximum absolute atomic E-state index is 11.5. The molecule has 0 spiro atoms. The van der Waals surface area contributed by atoms with Gasteiger partial charge >= 0.3 is 5.97 Å². The molecular weight excluding hydrogens is 232 g/mol. The van der Waals surface area contributed by atoms with Gasteiger partial charge in [-0.15, -0.1) is 0 Å². The number of carbonyl (C=O) groups is 1. The summed E-state index contributed by atoms with van der Waals surface area (Å²) in [6.07, 6.45) is 4.30. The molecule has 0 radical (unpaired) electrons. The summed E-state index contributed by atoms with van der Waals surface area (Å²) < 4.78 is 4.89. The van der Waals surface area contributed by atoms with Crippen molar-refractivity contribution in [3.05, 3.63) is 0 Å². The third-order valence-electron chi connectivity index (χ3n) is 4.01. The molecule has 106 valence electrons. The van der Waals surface area contributed by atoms with E-state index in [1.54, 1.807) is 0 Å². The summed E-state index contributed by atoms with van der Waals surface area (Å²) in [5.74, 6) is -0.395. The Morgan fingerprint density at radius 3 is 2.67 bits per heavy atom. The average molecular weight is 258 g/mol. The standard InChI is InChI=1S/C14H26O4/c1-3-10(2)6-4-5-7-12(16)13-11(8-15)9-18-14(13)17/h10-13,15-16H,3-9H2,1-2H3/t10?,11-,12-,13-/m1/s1. The maximum atomic E-state index is 11.5. The maximum Gasteiger partial charge on any atom is 0.312 e. The van der Waals surface area contributed by atoms with Crippen molar-refractivity contribution in [2.24, 2.45) is 17.8 Å². The van der Waals surface area contributed by atoms with E-state index in [0.29, 0.717) is 6.42 Å². The van der Waals surface area contributed by atoms with Crippen LogP contribution in [0, 0.1) is 17.8 Å². The molecule has 0 bridgehead atoms. The first-order valence-corrected chi connectivity index (χ1v) is 7.05. The van der Waals surface area contributed by atoms with Gasteiger partial charge in [-0.25, -0.2) is 0 Å². The molecule has 0 saturated carbocycles. The number of carbonyl (C=O) groups excluding carboxylic acids is 1. The Balaban J connectivity index is 2.27. The lowest BCUT2D eigenvalue weighted by molar-refractivity contribution is -0.144. The van der Waals surface area contributed by atoms with E-state index in [-0.39, 0.29) is 25.1 Å². The van der Waals surface area contributed by atoms with Crippen molar-refractivity contribution in [3.8, 4) is 0 Å². The molecule has 4 nitrogen and oxygen atoms in total. The van der Waals surface area contributed by atoms with Crippen LogP contribution in [-0.2, 0) is 9.53 Å². The summed E-state index contributed by atoms with van der Waals surface area (Å²) in [5.41, 5.74) is 0. The van der Waals surface area contributed by atoms with Gasteiger partial charge < -0.3 is 14.9 Å². The first-order valence-electron chi connectivity index (χ1n) is 7.05. The number of aliphatic hydroxyl groups excluding tert-OH is 2. The molecule has 2 N–H and O–H groups in total. The van der Waals surface area contributed by atoms with Crippen LogP contribution < -0.4 is 0 Å². The number of aliphatic hydroxyl groups is 2. The van der Waals surface area contributed by atoms with Gasteiger partial charge in [0.05, 0.1) is 25.2 Å². The molecule has 1 aliphatic heterocycles. The number of rotatable bonds is 8. The number of ether oxygens (including phenoxy) is 1. The molecule has 1 heterocycles. The fourth-order valence-electron chi connectivity index (χ4n) is 2.45. The van der Waals surface area contributed by atoms with Gasteiger partial charge in [-0.05, 0) is 12.3 Å². The van der Waals surface area contributed by atoms with Crippen LogP contribution in [0.5, 0.6) is 0 Å². The van der Waals surface area contributed by atoms with Crippen LogP contribution in [0.2, 0.25) is 0 Å². The molecule has 18 heavy (non-hydrogen) atoms. The van der Waals surface area contributed by atoms with Gasteiger partial charge in [0.15, 0.2) is 0 Å². The molecule has 1 rings (SSSR count). The van der Waals surface area contributed by atoms with E-state index in [1.807, 2.05) is 0 Å². The Morgan fingerprint density at radius 2 is 2.06 bits per heavy atom. The van der Waals surface area contributed by atoms with E-state index in [0.717, 1.165) is 18.8 Å². The van der Waals surface area contributed by atoms with Crippen molar-refractivity contribution >= 4 is 5.97 Å². The predicted molar refractivity (Wildman–Crippen MR) is 69.0 cm³/mol. The second-order valence-electron chi connectivity index (χ2n) is 5.46. The Kier molecular flexibility index (Phi) is 6.65. The van der Waals surface area contributed by atoms with Crippen LogP contribution >= 0.6 is 0 Å². The van der Waals surface area contributed by atoms with Gasteiger partial charge in [0.1, 0.15) is 0 Å². The summed E-state index contributed by atoms with van der Waals surface area (Å²) in [6, 6.07) is 0. The lowest BCUT2D eigenvalue weighted by atomic mass is 9.87. The molecule has 0 aromatic rings. The molecular formula is C14H26O4. The van der Waals surface area contributed by atoms with Crippen LogP contribution in [0.25, 0.3) is 0 Å². The average Bonchev–Trinajstić information content (AvgIpc) is 2.75. The summed E-state index contributed by atoms with van der Waals surface area (Å²) in [4.78, 5) is 11.5. The normalized spacial score (nSPS) is 27.0. The number of cyclic esters (lactones) is 1. The predicted octanol–water partition coefficient (Wildman–Crippen LogP) is 1.74. The van der Waals surface area contributed by atoms with E-state index >= 15 is 0 Å². The lowest BCUT2D eigenvalue weighted by Crippen LogP contribution is -2.31. The minimum atomic E-state index is -0.672. The van der Waals surface area contributed by atoms with Crippen molar-refractivity contribution in [2.75, 3.05) is 13.2 Å². The highest BCUT2D eigenvalue weighted by Crippen LogP contribution is 2.27. The molecule has 0 aromatic heterocycles. The Bertz CT molecular complexity index is 254. The van der Waals surface area contributed by atoms with Crippen molar-refractivity contribution in [1.82, 2.24) is 0 Å². The van der Waals surface area contributed by atoms with E-state index in [4.69, 9.17) is 9.84 Å². The zero-order valence-electron chi connectivity index (χ0n) is 11.5. The van der Waals surface area contributed by atoms with E-state index in [1.165, 1.54) is 12.8 Å². The van der Waals surface area contributed by atoms with Crippen LogP contribution in [0.15, 0.2) is 0 Å². The van der Waals surface area contributed by atoms with E-state index < -0.39 is 12.0 Å². The largest absolute Gasteiger partial charge is 0.465 e. The third kappa shape index (κ3) is 4.25. The fraction of sp³-hybridized carbons (Fsp3) is 0.929. The summed E-state index contributed by atoms with van der Waals surface area (Å²) in [5, 5.41) is 19.2. The van der Waals surface area contributed by atoms with Crippen molar-refractivity contribution in [1.29, 1.82) is 0 Å². The monoisotopic (exact) mass is 258 g/mol. The van der Waals surface area contributed by atoms with E-state index in [9.17, 15) is 9.90 Å². The van der Waals surface area contributed by atoms with Gasteiger partial charge in [-0.3, -0.25) is 4.79 Å². The molecule has 1 fully saturated rings. The van der Waals surface area contributed by atoms with Gasteiger partial charge in [0.25, 0.3) is 0 Å². The van der Waals surface area contributed by atoms with Gasteiger partial charge in [-0.1, -0.05) is 39.5 Å². The van der Waals surface area contributed by atoms with Crippen LogP contribution in [-0.4, -0.2) is 35.5 Å². The molecule has 0 amide bonds. The quantitative estimate of drug-likeness (QED) is 0.514. The lowest BCUT2D eigenvalue weighted by Gasteiger charge is -2.19. The van der Waals surface area contributed by atoms with Crippen LogP contribution in [0.3, 0.4) is 0 Å². The second-order valence-corrected chi connectivity index (χ2v) is 5.46. The van der Waals surface area contributed by atoms with Gasteiger partial charge in [0.2, 0.25) is 0 Å². The summed E-state index contributed by atoms with van der Waals surface area (Å²) in [7, 11) is 0. The highest BCUT2D eigenvalue weighted by atomic mass is 16.5. The van der Waals surface area contributed by atoms with Crippen molar-refractivity contribution < 1.29 is 19.7 Å². The third-order valence-corrected chi connectivity index (χ3v) is 4.01. The first-order chi connectivity index (χ1) is 8.60. The van der Waals surface area contributed by atoms with Crippen LogP contribution in [0.1, 0.15) is 46.0 Å². The highest BCUT2D eigenvalue weighted by Gasteiger charge is 2.41. The molecule has 4 heteroatoms. The number of esters is 1. The smallest absolute Gasteiger partial charge is 0.312 e. The Morgan fingerprint density at radius 1 is 1.39 bits per heavy atom. The van der Waals surface area contributed by atoms with Gasteiger partial charge in [-0.2, -0.15) is 0 Å². The zero-order chi connectivity index (χ0) is 13.5. The second kappa shape index (κ2) is 7.74. The molecule has 1 aliphatic rings. The van der Waals surface area contributed by atoms with Gasteiger partial charge in [0, 0.05) is 5.92 Å². The highest BCUT2D eigenvalue weighted by molar-refractivity contribution is 5.75. The minimum Gasteiger partial charge on any atom is -0.465 e. The van der Waals surface area contributed by atoms with Crippen molar-refractivity contribution in [3.63, 3.8) is 0 Å². The number of unbranched alkanes of at least 4 members (excludes halogenated alkanes) is 1. The molecule has 0 aromatic carbocycles. The fourth-order valence-corrected chi connectivity index (χ4v) is 2.45. The first kappa shape index (κ1) is 15.4. The molecule has 4 atom stereocenters. The molecule has 0 aliphatic carbocycles. The summed E-state index contributed by atoms with van der Waals surface area (Å²) >= 11 is 0. The van der Waals surface area contributed by atoms with Crippen molar-refractivity contribution in [2.45, 2.75) is 52.1 Å². The number of hydrogen-bond donors (Lipinski definition) is 2.